The molecule has 2 aromatic rings. The first-order chi connectivity index (χ1) is 13.6. The van der Waals surface area contributed by atoms with Crippen molar-refractivity contribution in [3.63, 3.8) is 0 Å². The molecule has 4 rings (SSSR count). The SMILES string of the molecule is C/C=C/C1=C(C(=O)N2CCCCC2c2cc3nc(C)cn3[nH]2)C=C/C(=C/N)C1. The van der Waals surface area contributed by atoms with E-state index in [-0.39, 0.29) is 11.9 Å². The predicted octanol–water partition coefficient (Wildman–Crippen LogP) is 3.70. The largest absolute Gasteiger partial charge is 0.404 e. The number of amides is 1. The van der Waals surface area contributed by atoms with Crippen molar-refractivity contribution < 1.29 is 4.79 Å². The number of carbonyl (C=O) groups excluding carboxylic acids is 1. The third-order valence-corrected chi connectivity index (χ3v) is 5.53. The number of hydrogen-bond acceptors (Lipinski definition) is 3. The molecule has 0 radical (unpaired) electrons. The van der Waals surface area contributed by atoms with E-state index in [0.717, 1.165) is 59.6 Å². The van der Waals surface area contributed by atoms with Gasteiger partial charge in [0.25, 0.3) is 5.91 Å². The van der Waals surface area contributed by atoms with Crippen LogP contribution in [0.3, 0.4) is 0 Å². The maximum atomic E-state index is 13.5. The fourth-order valence-electron chi connectivity index (χ4n) is 4.19. The van der Waals surface area contributed by atoms with E-state index in [0.29, 0.717) is 6.42 Å². The van der Waals surface area contributed by atoms with Crippen molar-refractivity contribution in [3.8, 4) is 0 Å². The molecule has 28 heavy (non-hydrogen) atoms. The van der Waals surface area contributed by atoms with E-state index in [1.165, 1.54) is 0 Å². The lowest BCUT2D eigenvalue weighted by Gasteiger charge is -2.36. The Morgan fingerprint density at radius 1 is 1.36 bits per heavy atom. The van der Waals surface area contributed by atoms with Crippen LogP contribution in [-0.2, 0) is 4.79 Å². The summed E-state index contributed by atoms with van der Waals surface area (Å²) in [6.07, 6.45) is 15.2. The van der Waals surface area contributed by atoms with Gasteiger partial charge in [-0.25, -0.2) is 9.50 Å². The lowest BCUT2D eigenvalue weighted by atomic mass is 9.91. The van der Waals surface area contributed by atoms with Gasteiger partial charge < -0.3 is 10.6 Å². The lowest BCUT2D eigenvalue weighted by Crippen LogP contribution is -2.39. The Kier molecular flexibility index (Phi) is 4.94. The first kappa shape index (κ1) is 18.3. The summed E-state index contributed by atoms with van der Waals surface area (Å²) in [4.78, 5) is 20.1. The molecule has 0 saturated carbocycles. The second-order valence-corrected chi connectivity index (χ2v) is 7.52. The van der Waals surface area contributed by atoms with Crippen LogP contribution in [0.4, 0.5) is 0 Å². The van der Waals surface area contributed by atoms with Crippen LogP contribution in [0, 0.1) is 6.92 Å². The average molecular weight is 377 g/mol. The normalized spacial score (nSPS) is 22.1. The summed E-state index contributed by atoms with van der Waals surface area (Å²) < 4.78 is 1.94. The topological polar surface area (TPSA) is 79.4 Å². The van der Waals surface area contributed by atoms with Gasteiger partial charge in [-0.2, -0.15) is 0 Å². The second kappa shape index (κ2) is 7.54. The van der Waals surface area contributed by atoms with Gasteiger partial charge in [0.1, 0.15) is 0 Å². The zero-order chi connectivity index (χ0) is 19.7. The minimum atomic E-state index is 0.0439. The van der Waals surface area contributed by atoms with Gasteiger partial charge in [0, 0.05) is 24.4 Å². The zero-order valence-electron chi connectivity index (χ0n) is 16.5. The van der Waals surface area contributed by atoms with Crippen LogP contribution in [0.2, 0.25) is 0 Å². The number of likely N-dealkylation sites (tertiary alicyclic amines) is 1. The summed E-state index contributed by atoms with van der Waals surface area (Å²) in [6, 6.07) is 2.11. The number of H-pyrrole nitrogens is 1. The maximum Gasteiger partial charge on any atom is 0.254 e. The molecule has 0 bridgehead atoms. The van der Waals surface area contributed by atoms with Gasteiger partial charge in [0.15, 0.2) is 5.65 Å². The van der Waals surface area contributed by atoms with Gasteiger partial charge in [-0.3, -0.25) is 9.89 Å². The number of fused-ring (bicyclic) bond motifs is 1. The summed E-state index contributed by atoms with van der Waals surface area (Å²) in [5.41, 5.74) is 11.4. The van der Waals surface area contributed by atoms with E-state index >= 15 is 0 Å². The van der Waals surface area contributed by atoms with E-state index in [1.807, 2.05) is 53.8 Å². The molecule has 6 heteroatoms. The molecule has 1 unspecified atom stereocenters. The minimum absolute atomic E-state index is 0.0439. The molecular formula is C22H27N5O. The number of piperidine rings is 1. The summed E-state index contributed by atoms with van der Waals surface area (Å²) in [5.74, 6) is 0.0912. The van der Waals surface area contributed by atoms with Crippen molar-refractivity contribution in [1.82, 2.24) is 19.5 Å². The highest BCUT2D eigenvalue weighted by atomic mass is 16.2. The molecule has 3 heterocycles. The Morgan fingerprint density at radius 3 is 2.96 bits per heavy atom. The molecule has 1 aliphatic heterocycles. The van der Waals surface area contributed by atoms with Gasteiger partial charge in [-0.1, -0.05) is 18.2 Å². The monoisotopic (exact) mass is 377 g/mol. The number of aryl methyl sites for hydroxylation is 1. The van der Waals surface area contributed by atoms with Gasteiger partial charge >= 0.3 is 0 Å². The smallest absolute Gasteiger partial charge is 0.254 e. The molecule has 1 atom stereocenters. The lowest BCUT2D eigenvalue weighted by molar-refractivity contribution is -0.130. The van der Waals surface area contributed by atoms with Crippen LogP contribution in [-0.4, -0.2) is 31.9 Å². The molecule has 0 spiro atoms. The third-order valence-electron chi connectivity index (χ3n) is 5.53. The fraction of sp³-hybridized carbons (Fsp3) is 0.364. The highest BCUT2D eigenvalue weighted by Gasteiger charge is 2.32. The Hall–Kier alpha value is -3.02. The van der Waals surface area contributed by atoms with Crippen molar-refractivity contribution in [2.75, 3.05) is 6.54 Å². The van der Waals surface area contributed by atoms with Crippen LogP contribution in [0.1, 0.15) is 50.0 Å². The molecule has 146 valence electrons. The number of aromatic nitrogens is 3. The number of nitrogens with zero attached hydrogens (tertiary/aromatic N) is 3. The van der Waals surface area contributed by atoms with Gasteiger partial charge in [-0.15, -0.1) is 0 Å². The number of nitrogens with two attached hydrogens (primary N) is 1. The molecule has 1 saturated heterocycles. The molecule has 0 aromatic carbocycles. The fourth-order valence-corrected chi connectivity index (χ4v) is 4.19. The van der Waals surface area contributed by atoms with Crippen LogP contribution >= 0.6 is 0 Å². The van der Waals surface area contributed by atoms with Gasteiger partial charge in [-0.05, 0) is 63.0 Å². The van der Waals surface area contributed by atoms with Crippen molar-refractivity contribution in [2.24, 2.45) is 5.73 Å². The summed E-state index contributed by atoms with van der Waals surface area (Å²) in [6.45, 7) is 4.72. The first-order valence-electron chi connectivity index (χ1n) is 9.91. The number of rotatable bonds is 3. The average Bonchev–Trinajstić information content (AvgIpc) is 3.25. The predicted molar refractivity (Wildman–Crippen MR) is 110 cm³/mol. The summed E-state index contributed by atoms with van der Waals surface area (Å²) in [5, 5.41) is 3.41. The van der Waals surface area contributed by atoms with E-state index in [2.05, 4.69) is 16.1 Å². The molecule has 2 aromatic heterocycles. The number of nitrogens with one attached hydrogen (secondary N) is 1. The second-order valence-electron chi connectivity index (χ2n) is 7.52. The van der Waals surface area contributed by atoms with E-state index in [4.69, 9.17) is 5.73 Å². The van der Waals surface area contributed by atoms with E-state index in [9.17, 15) is 4.79 Å². The van der Waals surface area contributed by atoms with E-state index < -0.39 is 0 Å². The summed E-state index contributed by atoms with van der Waals surface area (Å²) >= 11 is 0. The minimum Gasteiger partial charge on any atom is -0.404 e. The van der Waals surface area contributed by atoms with Crippen molar-refractivity contribution in [1.29, 1.82) is 0 Å². The number of allylic oxidation sites excluding steroid dienone is 5. The Balaban J connectivity index is 1.67. The quantitative estimate of drug-likeness (QED) is 0.856. The highest BCUT2D eigenvalue weighted by molar-refractivity contribution is 5.98. The molecular weight excluding hydrogens is 350 g/mol. The zero-order valence-corrected chi connectivity index (χ0v) is 16.5. The van der Waals surface area contributed by atoms with Crippen molar-refractivity contribution >= 4 is 11.6 Å². The maximum absolute atomic E-state index is 13.5. The molecule has 2 aliphatic rings. The van der Waals surface area contributed by atoms with Crippen LogP contribution in [0.5, 0.6) is 0 Å². The number of carbonyl (C=O) groups is 1. The Labute approximate surface area is 165 Å². The summed E-state index contributed by atoms with van der Waals surface area (Å²) in [7, 11) is 0. The van der Waals surface area contributed by atoms with Crippen molar-refractivity contribution in [3.05, 3.63) is 70.9 Å². The number of aromatic amines is 1. The molecule has 1 amide bonds. The first-order valence-corrected chi connectivity index (χ1v) is 9.91. The number of imidazole rings is 1. The highest BCUT2D eigenvalue weighted by Crippen LogP contribution is 2.34. The number of hydrogen-bond donors (Lipinski definition) is 2. The van der Waals surface area contributed by atoms with Gasteiger partial charge in [0.05, 0.1) is 17.4 Å². The third kappa shape index (κ3) is 3.30. The Bertz CT molecular complexity index is 986. The Morgan fingerprint density at radius 2 is 2.21 bits per heavy atom. The molecule has 6 nitrogen and oxygen atoms in total. The molecule has 3 N–H and O–H groups in total. The van der Waals surface area contributed by atoms with Crippen LogP contribution in [0.25, 0.3) is 5.65 Å². The molecule has 1 aliphatic carbocycles. The van der Waals surface area contributed by atoms with Crippen molar-refractivity contribution in [2.45, 2.75) is 45.6 Å². The van der Waals surface area contributed by atoms with Gasteiger partial charge in [0.2, 0.25) is 0 Å². The van der Waals surface area contributed by atoms with Crippen LogP contribution < -0.4 is 5.73 Å². The van der Waals surface area contributed by atoms with E-state index in [1.54, 1.807) is 6.20 Å². The molecule has 1 fully saturated rings. The van der Waals surface area contributed by atoms with Crippen LogP contribution in [0.15, 0.2) is 59.5 Å². The standard InChI is InChI=1S/C22H27N5O/c1-3-6-17-11-16(13-23)8-9-18(17)22(28)26-10-5-4-7-20(26)19-12-21-24-15(2)14-27(21)25-19/h3,6,8-9,12-14,20,25H,4-5,7,10-11,23H2,1-2H3/b6-3+,16-13-.